The number of halogens is 3. The van der Waals surface area contributed by atoms with Gasteiger partial charge in [-0.05, 0) is 24.3 Å². The molecule has 0 spiro atoms. The van der Waals surface area contributed by atoms with Gasteiger partial charge < -0.3 is 20.6 Å². The molecule has 1 fully saturated rings. The number of β-amino-alcohol motifs (C(OH)–C–C–N with tert-alkyl or cyclic N) is 1. The molecule has 2 aliphatic heterocycles. The Labute approximate surface area is 146 Å². The molecular weight excluding hydrogens is 349 g/mol. The first-order valence-corrected chi connectivity index (χ1v) is 8.00. The van der Waals surface area contributed by atoms with E-state index in [2.05, 4.69) is 15.6 Å². The van der Waals surface area contributed by atoms with E-state index in [1.165, 1.54) is 11.0 Å². The highest BCUT2D eigenvalue weighted by atomic mass is 19.4. The number of aromatic nitrogens is 1. The van der Waals surface area contributed by atoms with Gasteiger partial charge in [-0.15, -0.1) is 0 Å². The molecule has 3 heterocycles. The lowest BCUT2D eigenvalue weighted by Crippen LogP contribution is -2.53. The fourth-order valence-corrected chi connectivity index (χ4v) is 2.95. The van der Waals surface area contributed by atoms with Crippen LogP contribution in [0.15, 0.2) is 30.3 Å². The van der Waals surface area contributed by atoms with E-state index in [1.54, 1.807) is 18.2 Å². The largest absolute Gasteiger partial charge is 0.433 e. The summed E-state index contributed by atoms with van der Waals surface area (Å²) in [7, 11) is 0. The lowest BCUT2D eigenvalue weighted by molar-refractivity contribution is -0.141. The van der Waals surface area contributed by atoms with Crippen molar-refractivity contribution >= 4 is 23.1 Å². The quantitative estimate of drug-likeness (QED) is 0.725. The number of likely N-dealkylation sites (tertiary alicyclic amines) is 1. The average molecular weight is 364 g/mol. The highest BCUT2D eigenvalue weighted by Gasteiger charge is 2.33. The van der Waals surface area contributed by atoms with Gasteiger partial charge in [0, 0.05) is 30.8 Å². The van der Waals surface area contributed by atoms with Crippen LogP contribution in [0.2, 0.25) is 0 Å². The first-order valence-electron chi connectivity index (χ1n) is 8.00. The molecule has 0 unspecified atom stereocenters. The number of alkyl halides is 3. The van der Waals surface area contributed by atoms with Crippen molar-refractivity contribution in [3.8, 4) is 0 Å². The molecule has 2 aliphatic rings. The normalized spacial score (nSPS) is 16.5. The maximum atomic E-state index is 12.9. The summed E-state index contributed by atoms with van der Waals surface area (Å²) >= 11 is 0. The summed E-state index contributed by atoms with van der Waals surface area (Å²) in [6.45, 7) is 0.884. The second-order valence-electron chi connectivity index (χ2n) is 6.30. The number of hydrogen-bond acceptors (Lipinski definition) is 5. The van der Waals surface area contributed by atoms with Crippen molar-refractivity contribution in [1.82, 2.24) is 9.88 Å². The van der Waals surface area contributed by atoms with E-state index in [1.807, 2.05) is 0 Å². The molecule has 1 aromatic carbocycles. The topological polar surface area (TPSA) is 77.5 Å². The number of aliphatic hydroxyl groups excluding tert-OH is 1. The van der Waals surface area contributed by atoms with Gasteiger partial charge in [0.1, 0.15) is 11.5 Å². The smallest absolute Gasteiger partial charge is 0.389 e. The molecule has 136 valence electrons. The van der Waals surface area contributed by atoms with Gasteiger partial charge in [0.25, 0.3) is 5.91 Å². The molecule has 0 radical (unpaired) electrons. The third kappa shape index (κ3) is 2.94. The summed E-state index contributed by atoms with van der Waals surface area (Å²) in [5, 5.41) is 15.3. The van der Waals surface area contributed by atoms with Crippen molar-refractivity contribution in [3.05, 3.63) is 47.2 Å². The Kier molecular flexibility index (Phi) is 3.76. The molecule has 1 amide bonds. The summed E-state index contributed by atoms with van der Waals surface area (Å²) < 4.78 is 38.6. The molecule has 2 aromatic rings. The number of rotatable bonds is 1. The predicted octanol–water partition coefficient (Wildman–Crippen LogP) is 2.59. The lowest BCUT2D eigenvalue weighted by atomic mass is 10.1. The third-order valence-electron chi connectivity index (χ3n) is 4.41. The zero-order valence-corrected chi connectivity index (χ0v) is 13.5. The van der Waals surface area contributed by atoms with Crippen LogP contribution in [-0.4, -0.2) is 40.1 Å². The number of nitrogens with one attached hydrogen (secondary N) is 2. The summed E-state index contributed by atoms with van der Waals surface area (Å²) in [5.74, 6) is -0.0600. The number of amides is 1. The molecule has 26 heavy (non-hydrogen) atoms. The Hall–Kier alpha value is -2.81. The van der Waals surface area contributed by atoms with E-state index >= 15 is 0 Å². The van der Waals surface area contributed by atoms with E-state index < -0.39 is 18.0 Å². The van der Waals surface area contributed by atoms with Crippen LogP contribution in [0.1, 0.15) is 21.6 Å². The Morgan fingerprint density at radius 1 is 1.19 bits per heavy atom. The van der Waals surface area contributed by atoms with Gasteiger partial charge in [-0.1, -0.05) is 6.07 Å². The van der Waals surface area contributed by atoms with Crippen LogP contribution in [0.25, 0.3) is 0 Å². The van der Waals surface area contributed by atoms with Gasteiger partial charge in [0.05, 0.1) is 17.5 Å². The van der Waals surface area contributed by atoms with Gasteiger partial charge >= 0.3 is 6.18 Å². The minimum Gasteiger partial charge on any atom is -0.389 e. The second-order valence-corrected chi connectivity index (χ2v) is 6.30. The first-order chi connectivity index (χ1) is 12.3. The second kappa shape index (κ2) is 5.87. The van der Waals surface area contributed by atoms with Crippen LogP contribution in [0.3, 0.4) is 0 Å². The average Bonchev–Trinajstić information content (AvgIpc) is 2.75. The van der Waals surface area contributed by atoms with E-state index in [0.717, 1.165) is 6.07 Å². The SMILES string of the molecule is O=C(c1ccc2c(c1)NCc1ccc(C(F)(F)F)nc1N2)N1CC(O)C1. The van der Waals surface area contributed by atoms with Gasteiger partial charge in [0.2, 0.25) is 0 Å². The Morgan fingerprint density at radius 2 is 1.96 bits per heavy atom. The Bertz CT molecular complexity index is 879. The standard InChI is InChI=1S/C17H15F3N4O2/c18-17(19,20)14-4-2-10-6-21-13-5-9(16(26)24-7-11(25)8-24)1-3-12(13)22-15(10)23-14/h1-5,11,21,25H,6-8H2,(H,22,23). The minimum absolute atomic E-state index is 0.135. The summed E-state index contributed by atoms with van der Waals surface area (Å²) in [4.78, 5) is 17.6. The molecule has 0 aliphatic carbocycles. The summed E-state index contributed by atoms with van der Waals surface area (Å²) in [6.07, 6.45) is -5.00. The van der Waals surface area contributed by atoms with Crippen LogP contribution in [0.4, 0.5) is 30.4 Å². The maximum absolute atomic E-state index is 12.9. The Morgan fingerprint density at radius 3 is 2.65 bits per heavy atom. The van der Waals surface area contributed by atoms with Gasteiger partial charge in [-0.2, -0.15) is 13.2 Å². The van der Waals surface area contributed by atoms with Crippen LogP contribution < -0.4 is 10.6 Å². The number of pyridine rings is 1. The van der Waals surface area contributed by atoms with Gasteiger partial charge in [-0.3, -0.25) is 4.79 Å². The monoisotopic (exact) mass is 364 g/mol. The van der Waals surface area contributed by atoms with Gasteiger partial charge in [0.15, 0.2) is 0 Å². The lowest BCUT2D eigenvalue weighted by Gasteiger charge is -2.36. The maximum Gasteiger partial charge on any atom is 0.433 e. The van der Waals surface area contributed by atoms with E-state index in [-0.39, 0.29) is 18.3 Å². The molecule has 3 N–H and O–H groups in total. The first kappa shape index (κ1) is 16.6. The van der Waals surface area contributed by atoms with E-state index in [0.29, 0.717) is 35.6 Å². The van der Waals surface area contributed by atoms with E-state index in [9.17, 15) is 23.1 Å². The van der Waals surface area contributed by atoms with Crippen molar-refractivity contribution in [2.24, 2.45) is 0 Å². The number of hydrogen-bond donors (Lipinski definition) is 3. The van der Waals surface area contributed by atoms with Crippen molar-refractivity contribution in [1.29, 1.82) is 0 Å². The number of anilines is 3. The van der Waals surface area contributed by atoms with Crippen molar-refractivity contribution < 1.29 is 23.1 Å². The summed E-state index contributed by atoms with van der Waals surface area (Å²) in [5.41, 5.74) is 1.21. The minimum atomic E-state index is -4.52. The molecule has 4 rings (SSSR count). The number of carbonyl (C=O) groups is 1. The molecular formula is C17H15F3N4O2. The highest BCUT2D eigenvalue weighted by molar-refractivity contribution is 5.97. The third-order valence-corrected chi connectivity index (χ3v) is 4.41. The zero-order valence-electron chi connectivity index (χ0n) is 13.5. The zero-order chi connectivity index (χ0) is 18.5. The summed E-state index contributed by atoms with van der Waals surface area (Å²) in [6, 6.07) is 7.20. The fraction of sp³-hybridized carbons (Fsp3) is 0.294. The molecule has 0 saturated carbocycles. The van der Waals surface area contributed by atoms with Crippen molar-refractivity contribution in [3.63, 3.8) is 0 Å². The number of benzene rings is 1. The molecule has 0 bridgehead atoms. The van der Waals surface area contributed by atoms with E-state index in [4.69, 9.17) is 0 Å². The fourth-order valence-electron chi connectivity index (χ4n) is 2.95. The Balaban J connectivity index is 1.62. The molecule has 1 aromatic heterocycles. The van der Waals surface area contributed by atoms with Crippen molar-refractivity contribution in [2.45, 2.75) is 18.8 Å². The molecule has 0 atom stereocenters. The number of aliphatic hydroxyl groups is 1. The molecule has 1 saturated heterocycles. The highest BCUT2D eigenvalue weighted by Crippen LogP contribution is 2.35. The molecule has 9 heteroatoms. The van der Waals surface area contributed by atoms with Crippen LogP contribution in [0, 0.1) is 0 Å². The van der Waals surface area contributed by atoms with Crippen molar-refractivity contribution in [2.75, 3.05) is 23.7 Å². The molecule has 6 nitrogen and oxygen atoms in total. The number of fused-ring (bicyclic) bond motifs is 2. The van der Waals surface area contributed by atoms with Gasteiger partial charge in [-0.25, -0.2) is 4.98 Å². The van der Waals surface area contributed by atoms with Crippen LogP contribution >= 0.6 is 0 Å². The van der Waals surface area contributed by atoms with Crippen LogP contribution in [-0.2, 0) is 12.7 Å². The predicted molar refractivity (Wildman–Crippen MR) is 88.2 cm³/mol. The van der Waals surface area contributed by atoms with Crippen LogP contribution in [0.5, 0.6) is 0 Å². The number of nitrogens with zero attached hydrogens (tertiary/aromatic N) is 2. The number of carbonyl (C=O) groups excluding carboxylic acids is 1.